The molecule has 3 unspecified atom stereocenters. The highest BCUT2D eigenvalue weighted by Crippen LogP contribution is 2.55. The number of hydrogen-bond acceptors (Lipinski definition) is 3. The van der Waals surface area contributed by atoms with Crippen molar-refractivity contribution in [2.45, 2.75) is 77.7 Å². The van der Waals surface area contributed by atoms with E-state index in [-0.39, 0.29) is 11.9 Å². The lowest BCUT2D eigenvalue weighted by Gasteiger charge is -2.46. The Bertz CT molecular complexity index is 748. The first-order valence-corrected chi connectivity index (χ1v) is 11.2. The molecule has 0 bridgehead atoms. The van der Waals surface area contributed by atoms with Crippen LogP contribution in [0.25, 0.3) is 0 Å². The number of methoxy groups -OCH3 is 1. The minimum atomic E-state index is -1.01. The summed E-state index contributed by atoms with van der Waals surface area (Å²) in [6.45, 7) is 6.30. The number of benzene rings is 1. The summed E-state index contributed by atoms with van der Waals surface area (Å²) in [5.41, 5.74) is -0.840. The van der Waals surface area contributed by atoms with E-state index in [1.165, 1.54) is 5.56 Å². The molecule has 0 heterocycles. The van der Waals surface area contributed by atoms with E-state index in [0.29, 0.717) is 25.4 Å². The van der Waals surface area contributed by atoms with Crippen molar-refractivity contribution in [2.75, 3.05) is 13.7 Å². The Morgan fingerprint density at radius 3 is 2.33 bits per heavy atom. The number of carboxylic acids is 1. The summed E-state index contributed by atoms with van der Waals surface area (Å²) in [6, 6.07) is 10.5. The van der Waals surface area contributed by atoms with Gasteiger partial charge >= 0.3 is 5.97 Å². The standard InChI is InChI=1S/C25H37NO4/c1-23(2,3)25(22(28)29,14-15-30-4)17-24(12-8-9-13-24)21(27)26-20-16-19(20)18-10-6-5-7-11-18/h5-7,10-11,19-20H,8-9,12-17H2,1-4H3,(H,26,27)(H,28,29). The molecule has 2 aliphatic rings. The second-order valence-corrected chi connectivity index (χ2v) is 10.4. The second-order valence-electron chi connectivity index (χ2n) is 10.4. The number of nitrogens with one attached hydrogen (secondary N) is 1. The van der Waals surface area contributed by atoms with Gasteiger partial charge < -0.3 is 15.2 Å². The van der Waals surface area contributed by atoms with E-state index < -0.39 is 22.2 Å². The summed E-state index contributed by atoms with van der Waals surface area (Å²) in [7, 11) is 1.60. The Morgan fingerprint density at radius 2 is 1.80 bits per heavy atom. The van der Waals surface area contributed by atoms with Crippen molar-refractivity contribution in [1.82, 2.24) is 5.32 Å². The molecule has 0 spiro atoms. The van der Waals surface area contributed by atoms with Gasteiger partial charge in [0.25, 0.3) is 0 Å². The molecule has 166 valence electrons. The van der Waals surface area contributed by atoms with Crippen molar-refractivity contribution in [3.63, 3.8) is 0 Å². The van der Waals surface area contributed by atoms with Crippen LogP contribution in [0.15, 0.2) is 30.3 Å². The highest BCUT2D eigenvalue weighted by Gasteiger charge is 2.56. The Hall–Kier alpha value is -1.88. The summed E-state index contributed by atoms with van der Waals surface area (Å²) >= 11 is 0. The number of carboxylic acid groups (broad SMARTS) is 1. The molecule has 5 nitrogen and oxygen atoms in total. The highest BCUT2D eigenvalue weighted by atomic mass is 16.5. The van der Waals surface area contributed by atoms with Crippen LogP contribution in [0, 0.1) is 16.2 Å². The molecular formula is C25H37NO4. The zero-order valence-corrected chi connectivity index (χ0v) is 18.9. The molecule has 0 aromatic heterocycles. The third-order valence-electron chi connectivity index (χ3n) is 7.60. The molecule has 0 aliphatic heterocycles. The maximum atomic E-state index is 13.6. The molecule has 5 heteroatoms. The van der Waals surface area contributed by atoms with E-state index in [1.54, 1.807) is 7.11 Å². The molecule has 2 fully saturated rings. The van der Waals surface area contributed by atoms with Gasteiger partial charge in [0.2, 0.25) is 5.91 Å². The SMILES string of the molecule is COCCC(CC1(C(=O)NC2CC2c2ccccc2)CCCC1)(C(=O)O)C(C)(C)C. The minimum absolute atomic E-state index is 0.0516. The number of rotatable bonds is 9. The van der Waals surface area contributed by atoms with Gasteiger partial charge in [-0.1, -0.05) is 63.9 Å². The monoisotopic (exact) mass is 415 g/mol. The lowest BCUT2D eigenvalue weighted by atomic mass is 9.57. The molecule has 2 saturated carbocycles. The topological polar surface area (TPSA) is 75.6 Å². The lowest BCUT2D eigenvalue weighted by molar-refractivity contribution is -0.164. The van der Waals surface area contributed by atoms with Crippen LogP contribution in [-0.4, -0.2) is 36.7 Å². The van der Waals surface area contributed by atoms with Crippen molar-refractivity contribution < 1.29 is 19.4 Å². The number of amides is 1. The summed E-state index contributed by atoms with van der Waals surface area (Å²) in [6.07, 6.45) is 5.22. The van der Waals surface area contributed by atoms with E-state index in [4.69, 9.17) is 4.74 Å². The zero-order chi connectivity index (χ0) is 22.0. The molecule has 1 aromatic rings. The number of ether oxygens (including phenoxy) is 1. The van der Waals surface area contributed by atoms with Crippen molar-refractivity contribution in [3.8, 4) is 0 Å². The van der Waals surface area contributed by atoms with Crippen LogP contribution in [-0.2, 0) is 14.3 Å². The molecule has 2 aliphatic carbocycles. The van der Waals surface area contributed by atoms with Gasteiger partial charge in [-0.25, -0.2) is 0 Å². The van der Waals surface area contributed by atoms with E-state index in [2.05, 4.69) is 17.4 Å². The van der Waals surface area contributed by atoms with Gasteiger partial charge in [0.15, 0.2) is 0 Å². The van der Waals surface area contributed by atoms with E-state index in [0.717, 1.165) is 32.1 Å². The fourth-order valence-electron chi connectivity index (χ4n) is 5.37. The minimum Gasteiger partial charge on any atom is -0.481 e. The maximum absolute atomic E-state index is 13.6. The third kappa shape index (κ3) is 4.41. The Kier molecular flexibility index (Phi) is 6.61. The summed E-state index contributed by atoms with van der Waals surface area (Å²) < 4.78 is 5.27. The van der Waals surface area contributed by atoms with Crippen LogP contribution in [0.2, 0.25) is 0 Å². The first-order chi connectivity index (χ1) is 14.2. The van der Waals surface area contributed by atoms with Crippen LogP contribution in [0.3, 0.4) is 0 Å². The molecule has 0 radical (unpaired) electrons. The van der Waals surface area contributed by atoms with Crippen LogP contribution in [0.4, 0.5) is 0 Å². The van der Waals surface area contributed by atoms with Gasteiger partial charge in [0.05, 0.1) is 10.8 Å². The van der Waals surface area contributed by atoms with E-state index in [9.17, 15) is 14.7 Å². The fraction of sp³-hybridized carbons (Fsp3) is 0.680. The van der Waals surface area contributed by atoms with Crippen LogP contribution < -0.4 is 5.32 Å². The fourth-order valence-corrected chi connectivity index (χ4v) is 5.37. The second kappa shape index (κ2) is 8.70. The molecule has 2 N–H and O–H groups in total. The predicted octanol–water partition coefficient (Wildman–Crippen LogP) is 4.76. The maximum Gasteiger partial charge on any atom is 0.310 e. The summed E-state index contributed by atoms with van der Waals surface area (Å²) in [5.74, 6) is -0.399. The first kappa shape index (κ1) is 22.8. The van der Waals surface area contributed by atoms with Crippen LogP contribution in [0.5, 0.6) is 0 Å². The van der Waals surface area contributed by atoms with Crippen LogP contribution >= 0.6 is 0 Å². The van der Waals surface area contributed by atoms with E-state index in [1.807, 2.05) is 39.0 Å². The highest BCUT2D eigenvalue weighted by molar-refractivity contribution is 5.85. The molecular weight excluding hydrogens is 378 g/mol. The quantitative estimate of drug-likeness (QED) is 0.609. The zero-order valence-electron chi connectivity index (χ0n) is 18.9. The lowest BCUT2D eigenvalue weighted by Crippen LogP contribution is -2.51. The first-order valence-electron chi connectivity index (χ1n) is 11.2. The van der Waals surface area contributed by atoms with Gasteiger partial charge in [0.1, 0.15) is 0 Å². The average molecular weight is 416 g/mol. The Labute approximate surface area is 180 Å². The molecule has 1 amide bonds. The summed E-state index contributed by atoms with van der Waals surface area (Å²) in [5, 5.41) is 13.6. The molecule has 0 saturated heterocycles. The van der Waals surface area contributed by atoms with Gasteiger partial charge in [0, 0.05) is 25.7 Å². The Balaban J connectivity index is 1.80. The van der Waals surface area contributed by atoms with Crippen molar-refractivity contribution in [1.29, 1.82) is 0 Å². The molecule has 3 rings (SSSR count). The number of carbonyl (C=O) groups excluding carboxylic acids is 1. The number of hydrogen-bond donors (Lipinski definition) is 2. The predicted molar refractivity (Wildman–Crippen MR) is 117 cm³/mol. The smallest absolute Gasteiger partial charge is 0.310 e. The van der Waals surface area contributed by atoms with Crippen molar-refractivity contribution in [2.24, 2.45) is 16.2 Å². The molecule has 30 heavy (non-hydrogen) atoms. The Morgan fingerprint density at radius 1 is 1.17 bits per heavy atom. The molecule has 3 atom stereocenters. The average Bonchev–Trinajstić information content (AvgIpc) is 3.29. The van der Waals surface area contributed by atoms with Crippen molar-refractivity contribution >= 4 is 11.9 Å². The van der Waals surface area contributed by atoms with Crippen LogP contribution in [0.1, 0.15) is 77.2 Å². The number of aliphatic carboxylic acids is 1. The van der Waals surface area contributed by atoms with Gasteiger partial charge in [-0.2, -0.15) is 0 Å². The van der Waals surface area contributed by atoms with Crippen molar-refractivity contribution in [3.05, 3.63) is 35.9 Å². The molecule has 1 aromatic carbocycles. The van der Waals surface area contributed by atoms with E-state index >= 15 is 0 Å². The normalized spacial score (nSPS) is 24.8. The third-order valence-corrected chi connectivity index (χ3v) is 7.60. The number of carbonyl (C=O) groups is 2. The largest absolute Gasteiger partial charge is 0.481 e. The van der Waals surface area contributed by atoms with Gasteiger partial charge in [-0.3, -0.25) is 9.59 Å². The van der Waals surface area contributed by atoms with Gasteiger partial charge in [-0.15, -0.1) is 0 Å². The van der Waals surface area contributed by atoms with Gasteiger partial charge in [-0.05, 0) is 43.1 Å². The summed E-state index contributed by atoms with van der Waals surface area (Å²) in [4.78, 5) is 26.2.